The molecule has 0 fully saturated rings. The molecule has 2 aromatic rings. The second kappa shape index (κ2) is 3.86. The van der Waals surface area contributed by atoms with Gasteiger partial charge < -0.3 is 18.1 Å². The van der Waals surface area contributed by atoms with Gasteiger partial charge in [0.2, 0.25) is 0 Å². The fourth-order valence-electron chi connectivity index (χ4n) is 0.947. The number of benzene rings is 1. The van der Waals surface area contributed by atoms with Gasteiger partial charge in [-0.15, -0.1) is 5.10 Å². The standard InChI is InChI=1S/C7H7N5.ClH/c8-6-2-1-3-7(4-6)12-5-9-10-11-12;/h1-5H,8H2;1H/p-1. The minimum absolute atomic E-state index is 0. The lowest BCUT2D eigenvalue weighted by molar-refractivity contribution is -0.00000263. The van der Waals surface area contributed by atoms with Crippen LogP contribution in [-0.2, 0) is 0 Å². The van der Waals surface area contributed by atoms with Gasteiger partial charge in [0.25, 0.3) is 0 Å². The normalized spacial score (nSPS) is 9.23. The molecule has 0 aliphatic heterocycles. The Balaban J connectivity index is 0.000000845. The Bertz CT molecular complexity index is 372. The fourth-order valence-corrected chi connectivity index (χ4v) is 0.947. The zero-order valence-corrected chi connectivity index (χ0v) is 7.39. The van der Waals surface area contributed by atoms with Crippen LogP contribution in [0.4, 0.5) is 5.69 Å². The summed E-state index contributed by atoms with van der Waals surface area (Å²) in [4.78, 5) is 0. The van der Waals surface area contributed by atoms with Crippen molar-refractivity contribution in [2.24, 2.45) is 0 Å². The van der Waals surface area contributed by atoms with Crippen molar-refractivity contribution >= 4 is 5.69 Å². The summed E-state index contributed by atoms with van der Waals surface area (Å²) in [5, 5.41) is 10.8. The molecule has 1 aromatic carbocycles. The summed E-state index contributed by atoms with van der Waals surface area (Å²) < 4.78 is 1.55. The Morgan fingerprint density at radius 3 is 2.77 bits per heavy atom. The Morgan fingerprint density at radius 2 is 2.15 bits per heavy atom. The molecule has 0 aliphatic carbocycles. The van der Waals surface area contributed by atoms with Gasteiger partial charge in [-0.3, -0.25) is 0 Å². The lowest BCUT2D eigenvalue weighted by atomic mass is 10.3. The summed E-state index contributed by atoms with van der Waals surface area (Å²) in [6, 6.07) is 7.35. The minimum Gasteiger partial charge on any atom is -1.00 e. The van der Waals surface area contributed by atoms with Crippen molar-refractivity contribution in [2.45, 2.75) is 0 Å². The van der Waals surface area contributed by atoms with Gasteiger partial charge in [-0.05, 0) is 28.6 Å². The van der Waals surface area contributed by atoms with Gasteiger partial charge in [0, 0.05) is 5.69 Å². The third-order valence-corrected chi connectivity index (χ3v) is 1.48. The molecular formula is C7H7ClN5-. The van der Waals surface area contributed by atoms with Crippen LogP contribution in [0.25, 0.3) is 5.69 Å². The van der Waals surface area contributed by atoms with Crippen LogP contribution in [0.1, 0.15) is 0 Å². The molecule has 68 valence electrons. The third kappa shape index (κ3) is 1.94. The van der Waals surface area contributed by atoms with Crippen LogP contribution in [0.2, 0.25) is 0 Å². The van der Waals surface area contributed by atoms with Crippen LogP contribution in [0.15, 0.2) is 30.6 Å². The number of tetrazole rings is 1. The molecule has 13 heavy (non-hydrogen) atoms. The summed E-state index contributed by atoms with van der Waals surface area (Å²) >= 11 is 0. The predicted molar refractivity (Wildman–Crippen MR) is 43.6 cm³/mol. The smallest absolute Gasteiger partial charge is 0.143 e. The lowest BCUT2D eigenvalue weighted by Gasteiger charge is -1.98. The van der Waals surface area contributed by atoms with E-state index in [1.807, 2.05) is 18.2 Å². The number of anilines is 1. The first-order valence-corrected chi connectivity index (χ1v) is 3.45. The first-order chi connectivity index (χ1) is 5.86. The van der Waals surface area contributed by atoms with Crippen LogP contribution < -0.4 is 18.1 Å². The second-order valence-corrected chi connectivity index (χ2v) is 2.35. The highest BCUT2D eigenvalue weighted by molar-refractivity contribution is 5.46. The van der Waals surface area contributed by atoms with Crippen LogP contribution in [0.5, 0.6) is 0 Å². The number of rotatable bonds is 1. The maximum atomic E-state index is 5.58. The van der Waals surface area contributed by atoms with E-state index in [9.17, 15) is 0 Å². The quantitative estimate of drug-likeness (QED) is 0.502. The summed E-state index contributed by atoms with van der Waals surface area (Å²) in [5.41, 5.74) is 7.14. The fraction of sp³-hybridized carbons (Fsp3) is 0. The predicted octanol–water partition coefficient (Wildman–Crippen LogP) is -2.75. The lowest BCUT2D eigenvalue weighted by Crippen LogP contribution is -3.00. The zero-order chi connectivity index (χ0) is 8.39. The Hall–Kier alpha value is -1.62. The van der Waals surface area contributed by atoms with Crippen LogP contribution in [0, 0.1) is 0 Å². The van der Waals surface area contributed by atoms with Crippen molar-refractivity contribution < 1.29 is 12.4 Å². The molecule has 0 unspecified atom stereocenters. The Labute approximate surface area is 81.0 Å². The van der Waals surface area contributed by atoms with E-state index in [0.717, 1.165) is 5.69 Å². The molecule has 0 amide bonds. The summed E-state index contributed by atoms with van der Waals surface area (Å²) in [7, 11) is 0. The number of halogens is 1. The molecule has 1 heterocycles. The zero-order valence-electron chi connectivity index (χ0n) is 6.63. The van der Waals surface area contributed by atoms with Gasteiger partial charge in [-0.25, -0.2) is 4.68 Å². The number of aromatic nitrogens is 4. The highest BCUT2D eigenvalue weighted by Gasteiger charge is 1.95. The summed E-state index contributed by atoms with van der Waals surface area (Å²) in [6.07, 6.45) is 1.52. The SMILES string of the molecule is Nc1cccc(-n2cnnn2)c1.[Cl-]. The molecule has 5 nitrogen and oxygen atoms in total. The molecule has 0 aliphatic rings. The molecule has 2 rings (SSSR count). The summed E-state index contributed by atoms with van der Waals surface area (Å²) in [6.45, 7) is 0. The highest BCUT2D eigenvalue weighted by atomic mass is 35.5. The second-order valence-electron chi connectivity index (χ2n) is 2.35. The van der Waals surface area contributed by atoms with E-state index in [1.54, 1.807) is 10.7 Å². The van der Waals surface area contributed by atoms with Crippen LogP contribution in [0.3, 0.4) is 0 Å². The molecule has 1 aromatic heterocycles. The first kappa shape index (κ1) is 9.47. The van der Waals surface area contributed by atoms with E-state index < -0.39 is 0 Å². The molecule has 0 radical (unpaired) electrons. The molecule has 0 bridgehead atoms. The topological polar surface area (TPSA) is 69.6 Å². The van der Waals surface area contributed by atoms with Gasteiger partial charge in [-0.1, -0.05) is 6.07 Å². The number of nitrogens with zero attached hydrogens (tertiary/aromatic N) is 4. The highest BCUT2D eigenvalue weighted by Crippen LogP contribution is 2.08. The van der Waals surface area contributed by atoms with E-state index >= 15 is 0 Å². The summed E-state index contributed by atoms with van der Waals surface area (Å²) in [5.74, 6) is 0. The van der Waals surface area contributed by atoms with Crippen LogP contribution in [-0.4, -0.2) is 20.2 Å². The van der Waals surface area contributed by atoms with Gasteiger partial charge in [0.15, 0.2) is 0 Å². The molecule has 0 saturated heterocycles. The van der Waals surface area contributed by atoms with Crippen LogP contribution >= 0.6 is 0 Å². The van der Waals surface area contributed by atoms with Crippen molar-refractivity contribution in [1.82, 2.24) is 20.2 Å². The van der Waals surface area contributed by atoms with Gasteiger partial charge in [-0.2, -0.15) is 0 Å². The van der Waals surface area contributed by atoms with Crippen molar-refractivity contribution in [3.63, 3.8) is 0 Å². The largest absolute Gasteiger partial charge is 1.00 e. The van der Waals surface area contributed by atoms with Crippen molar-refractivity contribution in [1.29, 1.82) is 0 Å². The Kier molecular flexibility index (Phi) is 2.81. The monoisotopic (exact) mass is 196 g/mol. The van der Waals surface area contributed by atoms with E-state index in [1.165, 1.54) is 6.33 Å². The average molecular weight is 197 g/mol. The van der Waals surface area contributed by atoms with Crippen molar-refractivity contribution in [3.05, 3.63) is 30.6 Å². The van der Waals surface area contributed by atoms with Crippen molar-refractivity contribution in [3.8, 4) is 5.69 Å². The number of hydrogen-bond donors (Lipinski definition) is 1. The molecule has 6 heteroatoms. The first-order valence-electron chi connectivity index (χ1n) is 3.45. The molecule has 0 atom stereocenters. The molecule has 0 spiro atoms. The molecule has 0 saturated carbocycles. The van der Waals surface area contributed by atoms with E-state index in [0.29, 0.717) is 5.69 Å². The van der Waals surface area contributed by atoms with E-state index in [-0.39, 0.29) is 12.4 Å². The third-order valence-electron chi connectivity index (χ3n) is 1.48. The Morgan fingerprint density at radius 1 is 1.31 bits per heavy atom. The number of hydrogen-bond acceptors (Lipinski definition) is 4. The number of nitrogens with two attached hydrogens (primary N) is 1. The van der Waals surface area contributed by atoms with E-state index in [4.69, 9.17) is 5.73 Å². The van der Waals surface area contributed by atoms with Gasteiger partial charge in [0.05, 0.1) is 5.69 Å². The van der Waals surface area contributed by atoms with Gasteiger partial charge in [0.1, 0.15) is 6.33 Å². The van der Waals surface area contributed by atoms with Gasteiger partial charge >= 0.3 is 0 Å². The van der Waals surface area contributed by atoms with Crippen molar-refractivity contribution in [2.75, 3.05) is 5.73 Å². The maximum Gasteiger partial charge on any atom is 0.143 e. The molecular weight excluding hydrogens is 190 g/mol. The molecule has 2 N–H and O–H groups in total. The maximum absolute atomic E-state index is 5.58. The number of nitrogen functional groups attached to an aromatic ring is 1. The minimum atomic E-state index is 0. The van der Waals surface area contributed by atoms with E-state index in [2.05, 4.69) is 15.5 Å². The average Bonchev–Trinajstić information content (AvgIpc) is 2.56.